The van der Waals surface area contributed by atoms with Crippen LogP contribution < -0.4 is 0 Å². The molecule has 4 heteroatoms. The average Bonchev–Trinajstić information content (AvgIpc) is 3.05. The molecular formula is C16H20N2O2. The predicted octanol–water partition coefficient (Wildman–Crippen LogP) is 2.51. The molecule has 2 heterocycles. The minimum atomic E-state index is -0.869. The molecule has 1 aromatic heterocycles. The third kappa shape index (κ3) is 2.43. The van der Waals surface area contributed by atoms with E-state index in [1.165, 1.54) is 36.9 Å². The first kappa shape index (κ1) is 13.2. The van der Waals surface area contributed by atoms with Crippen LogP contribution >= 0.6 is 0 Å². The SMILES string of the molecule is Cn1cc(CCN2CCCC2)c2ccc(C(=O)O)cc21. The van der Waals surface area contributed by atoms with E-state index in [1.54, 1.807) is 12.1 Å². The molecular weight excluding hydrogens is 252 g/mol. The van der Waals surface area contributed by atoms with Gasteiger partial charge in [0.05, 0.1) is 5.56 Å². The molecule has 0 saturated carbocycles. The summed E-state index contributed by atoms with van der Waals surface area (Å²) >= 11 is 0. The minimum Gasteiger partial charge on any atom is -0.478 e. The highest BCUT2D eigenvalue weighted by Crippen LogP contribution is 2.23. The van der Waals surface area contributed by atoms with Gasteiger partial charge in [0.1, 0.15) is 0 Å². The second-order valence-electron chi connectivity index (χ2n) is 5.60. The molecule has 0 atom stereocenters. The van der Waals surface area contributed by atoms with Gasteiger partial charge in [0.25, 0.3) is 0 Å². The first-order valence-electron chi connectivity index (χ1n) is 7.19. The molecule has 1 N–H and O–H groups in total. The van der Waals surface area contributed by atoms with E-state index in [2.05, 4.69) is 11.1 Å². The highest BCUT2D eigenvalue weighted by molar-refractivity contribution is 5.94. The summed E-state index contributed by atoms with van der Waals surface area (Å²) in [5, 5.41) is 10.3. The zero-order valence-corrected chi connectivity index (χ0v) is 11.8. The van der Waals surface area contributed by atoms with Gasteiger partial charge >= 0.3 is 5.97 Å². The molecule has 1 aliphatic rings. The number of hydrogen-bond acceptors (Lipinski definition) is 2. The van der Waals surface area contributed by atoms with Crippen molar-refractivity contribution < 1.29 is 9.90 Å². The van der Waals surface area contributed by atoms with Crippen molar-refractivity contribution >= 4 is 16.9 Å². The lowest BCUT2D eigenvalue weighted by molar-refractivity contribution is 0.0697. The zero-order chi connectivity index (χ0) is 14.1. The first-order valence-corrected chi connectivity index (χ1v) is 7.19. The molecule has 2 aromatic rings. The average molecular weight is 272 g/mol. The Hall–Kier alpha value is -1.81. The molecule has 0 radical (unpaired) electrons. The number of carbonyl (C=O) groups is 1. The van der Waals surface area contributed by atoms with Gasteiger partial charge < -0.3 is 14.6 Å². The third-order valence-electron chi connectivity index (χ3n) is 4.22. The van der Waals surface area contributed by atoms with Crippen molar-refractivity contribution in [2.75, 3.05) is 19.6 Å². The van der Waals surface area contributed by atoms with Crippen LogP contribution in [0.2, 0.25) is 0 Å². The second-order valence-corrected chi connectivity index (χ2v) is 5.60. The van der Waals surface area contributed by atoms with Crippen LogP contribution in [0.3, 0.4) is 0 Å². The van der Waals surface area contributed by atoms with Gasteiger partial charge in [0, 0.05) is 30.7 Å². The number of rotatable bonds is 4. The number of hydrogen-bond donors (Lipinski definition) is 1. The molecule has 3 rings (SSSR count). The quantitative estimate of drug-likeness (QED) is 0.930. The molecule has 0 amide bonds. The van der Waals surface area contributed by atoms with Crippen molar-refractivity contribution in [3.63, 3.8) is 0 Å². The van der Waals surface area contributed by atoms with Crippen LogP contribution in [0.1, 0.15) is 28.8 Å². The number of nitrogens with zero attached hydrogens (tertiary/aromatic N) is 2. The van der Waals surface area contributed by atoms with Crippen LogP contribution in [0.5, 0.6) is 0 Å². The first-order chi connectivity index (χ1) is 9.65. The Morgan fingerprint density at radius 1 is 1.30 bits per heavy atom. The Morgan fingerprint density at radius 2 is 2.05 bits per heavy atom. The van der Waals surface area contributed by atoms with E-state index >= 15 is 0 Å². The summed E-state index contributed by atoms with van der Waals surface area (Å²) in [6.45, 7) is 3.53. The number of likely N-dealkylation sites (tertiary alicyclic amines) is 1. The third-order valence-corrected chi connectivity index (χ3v) is 4.22. The largest absolute Gasteiger partial charge is 0.478 e. The number of carboxylic acid groups (broad SMARTS) is 1. The van der Waals surface area contributed by atoms with E-state index < -0.39 is 5.97 Å². The molecule has 0 bridgehead atoms. The minimum absolute atomic E-state index is 0.352. The van der Waals surface area contributed by atoms with E-state index in [0.717, 1.165) is 18.5 Å². The van der Waals surface area contributed by atoms with Crippen molar-refractivity contribution in [2.24, 2.45) is 7.05 Å². The topological polar surface area (TPSA) is 45.5 Å². The van der Waals surface area contributed by atoms with E-state index in [9.17, 15) is 4.79 Å². The Balaban J connectivity index is 1.85. The van der Waals surface area contributed by atoms with Gasteiger partial charge in [-0.15, -0.1) is 0 Å². The van der Waals surface area contributed by atoms with E-state index in [0.29, 0.717) is 5.56 Å². The molecule has 1 saturated heterocycles. The van der Waals surface area contributed by atoms with Crippen molar-refractivity contribution in [3.8, 4) is 0 Å². The van der Waals surface area contributed by atoms with Gasteiger partial charge in [-0.1, -0.05) is 6.07 Å². The molecule has 20 heavy (non-hydrogen) atoms. The molecule has 0 aliphatic carbocycles. The van der Waals surface area contributed by atoms with Gasteiger partial charge in [-0.05, 0) is 50.0 Å². The monoisotopic (exact) mass is 272 g/mol. The summed E-state index contributed by atoms with van der Waals surface area (Å²) in [5.74, 6) is -0.869. The van der Waals surface area contributed by atoms with Crippen LogP contribution in [0.25, 0.3) is 10.9 Å². The van der Waals surface area contributed by atoms with Crippen LogP contribution in [0, 0.1) is 0 Å². The lowest BCUT2D eigenvalue weighted by Gasteiger charge is -2.13. The van der Waals surface area contributed by atoms with Crippen LogP contribution in [0.4, 0.5) is 0 Å². The van der Waals surface area contributed by atoms with Crippen molar-refractivity contribution in [1.29, 1.82) is 0 Å². The summed E-state index contributed by atoms with van der Waals surface area (Å²) in [5.41, 5.74) is 2.66. The maximum absolute atomic E-state index is 11.0. The van der Waals surface area contributed by atoms with Gasteiger partial charge in [-0.3, -0.25) is 0 Å². The fourth-order valence-electron chi connectivity index (χ4n) is 3.08. The van der Waals surface area contributed by atoms with Gasteiger partial charge in [-0.25, -0.2) is 4.79 Å². The highest BCUT2D eigenvalue weighted by atomic mass is 16.4. The molecule has 0 spiro atoms. The second kappa shape index (κ2) is 5.29. The number of aryl methyl sites for hydroxylation is 1. The number of benzene rings is 1. The Kier molecular flexibility index (Phi) is 3.49. The Morgan fingerprint density at radius 3 is 2.75 bits per heavy atom. The summed E-state index contributed by atoms with van der Waals surface area (Å²) in [6.07, 6.45) is 5.80. The van der Waals surface area contributed by atoms with Crippen LogP contribution in [-0.4, -0.2) is 40.2 Å². The van der Waals surface area contributed by atoms with Crippen molar-refractivity contribution in [2.45, 2.75) is 19.3 Å². The van der Waals surface area contributed by atoms with Crippen molar-refractivity contribution in [3.05, 3.63) is 35.5 Å². The lowest BCUT2D eigenvalue weighted by atomic mass is 10.1. The number of fused-ring (bicyclic) bond motifs is 1. The molecule has 1 aliphatic heterocycles. The number of aromatic carboxylic acids is 1. The van der Waals surface area contributed by atoms with Crippen molar-refractivity contribution in [1.82, 2.24) is 9.47 Å². The maximum atomic E-state index is 11.0. The van der Waals surface area contributed by atoms with Crippen LogP contribution in [0.15, 0.2) is 24.4 Å². The predicted molar refractivity (Wildman–Crippen MR) is 79.3 cm³/mol. The highest BCUT2D eigenvalue weighted by Gasteiger charge is 2.14. The van der Waals surface area contributed by atoms with Crippen LogP contribution in [-0.2, 0) is 13.5 Å². The zero-order valence-electron chi connectivity index (χ0n) is 11.8. The van der Waals surface area contributed by atoms with Gasteiger partial charge in [0.15, 0.2) is 0 Å². The molecule has 1 aromatic carbocycles. The maximum Gasteiger partial charge on any atom is 0.335 e. The number of carboxylic acids is 1. The number of aromatic nitrogens is 1. The standard InChI is InChI=1S/C16H20N2O2/c1-17-11-13(6-9-18-7-2-3-8-18)14-5-4-12(16(19)20)10-15(14)17/h4-5,10-11H,2-3,6-9H2,1H3,(H,19,20). The molecule has 0 unspecified atom stereocenters. The fraction of sp³-hybridized carbons (Fsp3) is 0.438. The summed E-state index contributed by atoms with van der Waals surface area (Å²) in [7, 11) is 1.98. The lowest BCUT2D eigenvalue weighted by Crippen LogP contribution is -2.21. The Labute approximate surface area is 118 Å². The van der Waals surface area contributed by atoms with Gasteiger partial charge in [0.2, 0.25) is 0 Å². The summed E-state index contributed by atoms with van der Waals surface area (Å²) in [4.78, 5) is 13.6. The smallest absolute Gasteiger partial charge is 0.335 e. The normalized spacial score (nSPS) is 16.1. The van der Waals surface area contributed by atoms with E-state index in [4.69, 9.17) is 5.11 Å². The molecule has 1 fully saturated rings. The molecule has 4 nitrogen and oxygen atoms in total. The summed E-state index contributed by atoms with van der Waals surface area (Å²) < 4.78 is 2.03. The molecule has 106 valence electrons. The Bertz CT molecular complexity index is 639. The fourth-order valence-corrected chi connectivity index (χ4v) is 3.08. The van der Waals surface area contributed by atoms with Gasteiger partial charge in [-0.2, -0.15) is 0 Å². The van der Waals surface area contributed by atoms with E-state index in [1.807, 2.05) is 17.7 Å². The summed E-state index contributed by atoms with van der Waals surface area (Å²) in [6, 6.07) is 5.40. The van der Waals surface area contributed by atoms with E-state index in [-0.39, 0.29) is 0 Å².